The van der Waals surface area contributed by atoms with Crippen LogP contribution in [-0.2, 0) is 13.1 Å². The fraction of sp³-hybridized carbons (Fsp3) is 0.400. The maximum Gasteiger partial charge on any atom is 0.251 e. The second-order valence-electron chi connectivity index (χ2n) is 7.99. The van der Waals surface area contributed by atoms with Crippen molar-refractivity contribution in [3.63, 3.8) is 0 Å². The van der Waals surface area contributed by atoms with Crippen molar-refractivity contribution in [1.29, 1.82) is 0 Å². The molecule has 7 nitrogen and oxygen atoms in total. The number of para-hydroxylation sites is 2. The topological polar surface area (TPSA) is 83.3 Å². The fourth-order valence-electron chi connectivity index (χ4n) is 3.56. The number of aliphatic imine (C=N–C) groups is 1. The second kappa shape index (κ2) is 13.2. The van der Waals surface area contributed by atoms with E-state index in [4.69, 9.17) is 0 Å². The quantitative estimate of drug-likeness (QED) is 0.158. The van der Waals surface area contributed by atoms with Crippen LogP contribution in [0.1, 0.15) is 48.4 Å². The molecule has 33 heavy (non-hydrogen) atoms. The molecule has 1 atom stereocenters. The van der Waals surface area contributed by atoms with Crippen LogP contribution in [0.4, 0.5) is 0 Å². The first-order valence-electron chi connectivity index (χ1n) is 11.3. The number of hydrogen-bond donors (Lipinski definition) is 3. The Bertz CT molecular complexity index is 1080. The van der Waals surface area contributed by atoms with Gasteiger partial charge in [-0.25, -0.2) is 4.98 Å². The summed E-state index contributed by atoms with van der Waals surface area (Å²) in [5, 5.41) is 9.70. The SMILES string of the molecule is CCC(C)NC(=O)c1cccc(CNC(=NC)NCCCn2c(C)nc3ccccc32)c1.I. The van der Waals surface area contributed by atoms with Gasteiger partial charge in [0.2, 0.25) is 0 Å². The van der Waals surface area contributed by atoms with Crippen molar-refractivity contribution >= 4 is 46.9 Å². The Morgan fingerprint density at radius 3 is 2.70 bits per heavy atom. The zero-order valence-electron chi connectivity index (χ0n) is 19.9. The zero-order chi connectivity index (χ0) is 22.9. The maximum atomic E-state index is 12.4. The highest BCUT2D eigenvalue weighted by Crippen LogP contribution is 2.15. The van der Waals surface area contributed by atoms with Crippen LogP contribution < -0.4 is 16.0 Å². The van der Waals surface area contributed by atoms with Crippen LogP contribution >= 0.6 is 24.0 Å². The molecule has 0 saturated heterocycles. The third-order valence-corrected chi connectivity index (χ3v) is 5.56. The predicted molar refractivity (Wildman–Crippen MR) is 146 cm³/mol. The molecule has 0 radical (unpaired) electrons. The largest absolute Gasteiger partial charge is 0.356 e. The molecule has 8 heteroatoms. The standard InChI is InChI=1S/C25H34N6O.HI/c1-5-18(2)29-24(32)21-11-8-10-20(16-21)17-28-25(26-4)27-14-9-15-31-19(3)30-22-12-6-7-13-23(22)31;/h6-8,10-13,16,18H,5,9,14-15,17H2,1-4H3,(H,29,32)(H2,26,27,28);1H. The van der Waals surface area contributed by atoms with Crippen molar-refractivity contribution in [2.45, 2.75) is 52.7 Å². The van der Waals surface area contributed by atoms with Crippen molar-refractivity contribution < 1.29 is 4.79 Å². The van der Waals surface area contributed by atoms with Gasteiger partial charge in [-0.3, -0.25) is 9.79 Å². The van der Waals surface area contributed by atoms with E-state index in [9.17, 15) is 4.79 Å². The summed E-state index contributed by atoms with van der Waals surface area (Å²) >= 11 is 0. The summed E-state index contributed by atoms with van der Waals surface area (Å²) in [6.07, 6.45) is 1.86. The number of nitrogens with zero attached hydrogens (tertiary/aromatic N) is 3. The highest BCUT2D eigenvalue weighted by atomic mass is 127. The molecule has 1 aromatic heterocycles. The molecule has 0 spiro atoms. The lowest BCUT2D eigenvalue weighted by Gasteiger charge is -2.14. The maximum absolute atomic E-state index is 12.4. The van der Waals surface area contributed by atoms with Crippen molar-refractivity contribution in [2.75, 3.05) is 13.6 Å². The van der Waals surface area contributed by atoms with Gasteiger partial charge in [-0.1, -0.05) is 31.2 Å². The molecule has 0 aliphatic carbocycles. The van der Waals surface area contributed by atoms with E-state index in [2.05, 4.69) is 43.5 Å². The number of benzene rings is 2. The van der Waals surface area contributed by atoms with Crippen molar-refractivity contribution in [3.05, 3.63) is 65.5 Å². The van der Waals surface area contributed by atoms with Crippen LogP contribution in [0.3, 0.4) is 0 Å². The third-order valence-electron chi connectivity index (χ3n) is 5.56. The van der Waals surface area contributed by atoms with Gasteiger partial charge in [-0.2, -0.15) is 0 Å². The Labute approximate surface area is 213 Å². The molecule has 0 aliphatic rings. The smallest absolute Gasteiger partial charge is 0.251 e. The van der Waals surface area contributed by atoms with E-state index < -0.39 is 0 Å². The number of halogens is 1. The van der Waals surface area contributed by atoms with Crippen LogP contribution in [0.2, 0.25) is 0 Å². The molecule has 1 unspecified atom stereocenters. The number of guanidine groups is 1. The molecule has 1 amide bonds. The number of carbonyl (C=O) groups is 1. The summed E-state index contributed by atoms with van der Waals surface area (Å²) in [4.78, 5) is 21.3. The van der Waals surface area contributed by atoms with Gasteiger partial charge in [0.25, 0.3) is 5.91 Å². The molecule has 0 fully saturated rings. The molecule has 0 aliphatic heterocycles. The fourth-order valence-corrected chi connectivity index (χ4v) is 3.56. The number of carbonyl (C=O) groups excluding carboxylic acids is 1. The normalized spacial score (nSPS) is 12.2. The Kier molecular flexibility index (Phi) is 10.6. The highest BCUT2D eigenvalue weighted by Gasteiger charge is 2.09. The first-order valence-corrected chi connectivity index (χ1v) is 11.3. The first-order chi connectivity index (χ1) is 15.5. The Morgan fingerprint density at radius 1 is 1.15 bits per heavy atom. The minimum Gasteiger partial charge on any atom is -0.356 e. The number of hydrogen-bond acceptors (Lipinski definition) is 3. The van der Waals surface area contributed by atoms with Crippen LogP contribution in [0.15, 0.2) is 53.5 Å². The van der Waals surface area contributed by atoms with Crippen molar-refractivity contribution in [1.82, 2.24) is 25.5 Å². The number of amides is 1. The number of aromatic nitrogens is 2. The van der Waals surface area contributed by atoms with E-state index >= 15 is 0 Å². The molecule has 1 heterocycles. The molecule has 0 bridgehead atoms. The number of imidazole rings is 1. The van der Waals surface area contributed by atoms with Crippen LogP contribution in [0.25, 0.3) is 11.0 Å². The minimum atomic E-state index is -0.0361. The van der Waals surface area contributed by atoms with E-state index in [-0.39, 0.29) is 35.9 Å². The van der Waals surface area contributed by atoms with Crippen LogP contribution in [-0.4, -0.2) is 41.1 Å². The average Bonchev–Trinajstić information content (AvgIpc) is 3.13. The molecular formula is C25H35IN6O. The number of aryl methyl sites for hydroxylation is 2. The van der Waals surface area contributed by atoms with E-state index in [0.717, 1.165) is 48.8 Å². The molecule has 2 aromatic carbocycles. The molecule has 3 rings (SSSR count). The Morgan fingerprint density at radius 2 is 1.94 bits per heavy atom. The third kappa shape index (κ3) is 7.45. The summed E-state index contributed by atoms with van der Waals surface area (Å²) < 4.78 is 2.25. The van der Waals surface area contributed by atoms with Gasteiger partial charge in [0.05, 0.1) is 11.0 Å². The summed E-state index contributed by atoms with van der Waals surface area (Å²) in [5.74, 6) is 1.74. The van der Waals surface area contributed by atoms with Gasteiger partial charge in [0.15, 0.2) is 5.96 Å². The molecular weight excluding hydrogens is 527 g/mol. The van der Waals surface area contributed by atoms with Crippen LogP contribution in [0.5, 0.6) is 0 Å². The van der Waals surface area contributed by atoms with Gasteiger partial charge >= 0.3 is 0 Å². The lowest BCUT2D eigenvalue weighted by Crippen LogP contribution is -2.37. The van der Waals surface area contributed by atoms with Gasteiger partial charge in [-0.15, -0.1) is 24.0 Å². The summed E-state index contributed by atoms with van der Waals surface area (Å²) in [6, 6.07) is 16.1. The van der Waals surface area contributed by atoms with Gasteiger partial charge in [-0.05, 0) is 56.5 Å². The van der Waals surface area contributed by atoms with Gasteiger partial charge in [0, 0.05) is 38.3 Å². The van der Waals surface area contributed by atoms with Crippen molar-refractivity contribution in [2.24, 2.45) is 4.99 Å². The lowest BCUT2D eigenvalue weighted by molar-refractivity contribution is 0.0939. The van der Waals surface area contributed by atoms with Gasteiger partial charge < -0.3 is 20.5 Å². The number of fused-ring (bicyclic) bond motifs is 1. The van der Waals surface area contributed by atoms with E-state index in [1.165, 1.54) is 5.52 Å². The predicted octanol–water partition coefficient (Wildman–Crippen LogP) is 4.25. The van der Waals surface area contributed by atoms with E-state index in [0.29, 0.717) is 12.1 Å². The van der Waals surface area contributed by atoms with Crippen molar-refractivity contribution in [3.8, 4) is 0 Å². The zero-order valence-corrected chi connectivity index (χ0v) is 22.2. The number of nitrogens with one attached hydrogen (secondary N) is 3. The summed E-state index contributed by atoms with van der Waals surface area (Å²) in [5.41, 5.74) is 3.92. The molecule has 0 saturated carbocycles. The van der Waals surface area contributed by atoms with E-state index in [1.54, 1.807) is 7.05 Å². The summed E-state index contributed by atoms with van der Waals surface area (Å²) in [7, 11) is 1.76. The molecule has 178 valence electrons. The van der Waals surface area contributed by atoms with E-state index in [1.807, 2.05) is 56.3 Å². The first kappa shape index (κ1) is 26.6. The monoisotopic (exact) mass is 562 g/mol. The van der Waals surface area contributed by atoms with Gasteiger partial charge in [0.1, 0.15) is 5.82 Å². The lowest BCUT2D eigenvalue weighted by atomic mass is 10.1. The molecule has 3 N–H and O–H groups in total. The molecule has 3 aromatic rings. The Balaban J connectivity index is 0.00000385. The minimum absolute atomic E-state index is 0. The number of rotatable bonds is 9. The Hall–Kier alpha value is -2.62. The average molecular weight is 563 g/mol. The summed E-state index contributed by atoms with van der Waals surface area (Å²) in [6.45, 7) is 8.39. The second-order valence-corrected chi connectivity index (χ2v) is 7.99. The van der Waals surface area contributed by atoms with Crippen LogP contribution in [0, 0.1) is 6.92 Å². The highest BCUT2D eigenvalue weighted by molar-refractivity contribution is 14.0.